The summed E-state index contributed by atoms with van der Waals surface area (Å²) < 4.78 is 43.2. The summed E-state index contributed by atoms with van der Waals surface area (Å²) in [6, 6.07) is 9.42. The van der Waals surface area contributed by atoms with Crippen LogP contribution >= 0.6 is 0 Å². The average molecular weight is 441 g/mol. The molecule has 2 N–H and O–H groups in total. The van der Waals surface area contributed by atoms with E-state index in [0.717, 1.165) is 5.56 Å². The number of hydrogen-bond acceptors (Lipinski definition) is 4. The Labute approximate surface area is 180 Å². The maximum absolute atomic E-state index is 13.2. The minimum atomic E-state index is -4.20. The third-order valence-corrected chi connectivity index (χ3v) is 5.54. The van der Waals surface area contributed by atoms with E-state index >= 15 is 0 Å². The van der Waals surface area contributed by atoms with Crippen molar-refractivity contribution in [3.63, 3.8) is 0 Å². The smallest absolute Gasteiger partial charge is 0.378 e. The van der Waals surface area contributed by atoms with Gasteiger partial charge in [0.2, 0.25) is 5.91 Å². The summed E-state index contributed by atoms with van der Waals surface area (Å²) in [4.78, 5) is 20.6. The van der Waals surface area contributed by atoms with Gasteiger partial charge in [-0.25, -0.2) is 0 Å². The molecule has 0 radical (unpaired) electrons. The van der Waals surface area contributed by atoms with Crippen molar-refractivity contribution in [2.45, 2.75) is 24.6 Å². The SMILES string of the molecule is CN=C(NCC(C(=O)N1CCOCC1)c1ccccc1)NC1CCN(CC(F)(F)F)C1. The summed E-state index contributed by atoms with van der Waals surface area (Å²) in [5.74, 6) is 0.104. The van der Waals surface area contributed by atoms with E-state index in [9.17, 15) is 18.0 Å². The van der Waals surface area contributed by atoms with Crippen molar-refractivity contribution >= 4 is 11.9 Å². The first kappa shape index (κ1) is 23.3. The second-order valence-electron chi connectivity index (χ2n) is 7.83. The summed E-state index contributed by atoms with van der Waals surface area (Å²) in [5.41, 5.74) is 0.902. The number of carbonyl (C=O) groups is 1. The quantitative estimate of drug-likeness (QED) is 0.517. The molecule has 0 aromatic heterocycles. The standard InChI is InChI=1S/C21H30F3N5O2/c1-25-20(27-17-7-8-28(14-17)15-21(22,23)24)26-13-18(16-5-3-2-4-6-16)19(30)29-9-11-31-12-10-29/h2-6,17-18H,7-15H2,1H3,(H2,25,26,27). The van der Waals surface area contributed by atoms with Crippen LogP contribution in [-0.4, -0.2) is 93.4 Å². The molecule has 2 unspecified atom stereocenters. The van der Waals surface area contributed by atoms with E-state index in [0.29, 0.717) is 58.3 Å². The van der Waals surface area contributed by atoms with Gasteiger partial charge in [0.05, 0.1) is 25.7 Å². The Morgan fingerprint density at radius 1 is 1.23 bits per heavy atom. The van der Waals surface area contributed by atoms with Gasteiger partial charge in [-0.2, -0.15) is 13.2 Å². The van der Waals surface area contributed by atoms with Crippen LogP contribution in [0.1, 0.15) is 17.9 Å². The van der Waals surface area contributed by atoms with E-state index in [-0.39, 0.29) is 11.9 Å². The summed E-state index contributed by atoms with van der Waals surface area (Å²) in [5, 5.41) is 6.39. The van der Waals surface area contributed by atoms with Crippen molar-refractivity contribution < 1.29 is 22.7 Å². The van der Waals surface area contributed by atoms with Crippen LogP contribution in [0.15, 0.2) is 35.3 Å². The third kappa shape index (κ3) is 7.10. The van der Waals surface area contributed by atoms with Crippen molar-refractivity contribution in [3.05, 3.63) is 35.9 Å². The van der Waals surface area contributed by atoms with E-state index in [4.69, 9.17) is 4.74 Å². The number of amides is 1. The number of benzene rings is 1. The molecule has 2 atom stereocenters. The molecular weight excluding hydrogens is 411 g/mol. The number of hydrogen-bond donors (Lipinski definition) is 2. The van der Waals surface area contributed by atoms with Crippen molar-refractivity contribution in [1.29, 1.82) is 0 Å². The van der Waals surface area contributed by atoms with Crippen LogP contribution < -0.4 is 10.6 Å². The first-order valence-corrected chi connectivity index (χ1v) is 10.5. The lowest BCUT2D eigenvalue weighted by molar-refractivity contribution is -0.143. The lowest BCUT2D eigenvalue weighted by Crippen LogP contribution is -2.49. The molecule has 0 bridgehead atoms. The predicted molar refractivity (Wildman–Crippen MR) is 112 cm³/mol. The second-order valence-corrected chi connectivity index (χ2v) is 7.83. The Morgan fingerprint density at radius 3 is 2.58 bits per heavy atom. The molecule has 2 heterocycles. The van der Waals surface area contributed by atoms with Gasteiger partial charge < -0.3 is 20.3 Å². The Balaban J connectivity index is 1.58. The maximum Gasteiger partial charge on any atom is 0.401 e. The fourth-order valence-corrected chi connectivity index (χ4v) is 3.97. The highest BCUT2D eigenvalue weighted by atomic mass is 19.4. The first-order valence-electron chi connectivity index (χ1n) is 10.5. The van der Waals surface area contributed by atoms with Gasteiger partial charge >= 0.3 is 6.18 Å². The van der Waals surface area contributed by atoms with Gasteiger partial charge in [0.25, 0.3) is 0 Å². The fourth-order valence-electron chi connectivity index (χ4n) is 3.97. The number of alkyl halides is 3. The van der Waals surface area contributed by atoms with Crippen LogP contribution in [0.3, 0.4) is 0 Å². The van der Waals surface area contributed by atoms with Crippen LogP contribution in [0.4, 0.5) is 13.2 Å². The summed E-state index contributed by atoms with van der Waals surface area (Å²) >= 11 is 0. The number of halogens is 3. The van der Waals surface area contributed by atoms with Gasteiger partial charge in [0, 0.05) is 45.8 Å². The number of aliphatic imine (C=N–C) groups is 1. The average Bonchev–Trinajstić information content (AvgIpc) is 3.19. The van der Waals surface area contributed by atoms with E-state index in [1.807, 2.05) is 35.2 Å². The molecule has 3 rings (SSSR count). The predicted octanol–water partition coefficient (Wildman–Crippen LogP) is 1.43. The molecule has 2 aliphatic rings. The zero-order valence-corrected chi connectivity index (χ0v) is 17.7. The number of rotatable bonds is 6. The van der Waals surface area contributed by atoms with Gasteiger partial charge in [0.15, 0.2) is 5.96 Å². The normalized spacial score (nSPS) is 21.7. The van der Waals surface area contributed by atoms with Crippen molar-refractivity contribution in [2.24, 2.45) is 4.99 Å². The molecule has 31 heavy (non-hydrogen) atoms. The minimum absolute atomic E-state index is 0.0228. The van der Waals surface area contributed by atoms with Gasteiger partial charge in [-0.05, 0) is 12.0 Å². The highest BCUT2D eigenvalue weighted by molar-refractivity contribution is 5.86. The molecule has 0 saturated carbocycles. The zero-order valence-electron chi connectivity index (χ0n) is 17.7. The van der Waals surface area contributed by atoms with Crippen LogP contribution in [0, 0.1) is 0 Å². The van der Waals surface area contributed by atoms with Gasteiger partial charge in [0.1, 0.15) is 0 Å². The Morgan fingerprint density at radius 2 is 1.94 bits per heavy atom. The number of ether oxygens (including phenoxy) is 1. The molecule has 1 amide bonds. The summed E-state index contributed by atoms with van der Waals surface area (Å²) in [6.07, 6.45) is -3.59. The Kier molecular flexibility index (Phi) is 8.14. The minimum Gasteiger partial charge on any atom is -0.378 e. The number of likely N-dealkylation sites (tertiary alicyclic amines) is 1. The van der Waals surface area contributed by atoms with Gasteiger partial charge in [-0.3, -0.25) is 14.7 Å². The maximum atomic E-state index is 13.2. The molecule has 0 aliphatic carbocycles. The summed E-state index contributed by atoms with van der Waals surface area (Å²) in [7, 11) is 1.61. The molecule has 10 heteroatoms. The van der Waals surface area contributed by atoms with Gasteiger partial charge in [-0.15, -0.1) is 0 Å². The van der Waals surface area contributed by atoms with Crippen molar-refractivity contribution in [1.82, 2.24) is 20.4 Å². The molecule has 0 spiro atoms. The van der Waals surface area contributed by atoms with E-state index in [2.05, 4.69) is 15.6 Å². The largest absolute Gasteiger partial charge is 0.401 e. The van der Waals surface area contributed by atoms with Crippen LogP contribution in [-0.2, 0) is 9.53 Å². The van der Waals surface area contributed by atoms with E-state index in [1.165, 1.54) is 4.90 Å². The highest BCUT2D eigenvalue weighted by Crippen LogP contribution is 2.21. The molecule has 172 valence electrons. The lowest BCUT2D eigenvalue weighted by Gasteiger charge is -2.31. The Bertz CT molecular complexity index is 738. The molecule has 2 aliphatic heterocycles. The van der Waals surface area contributed by atoms with E-state index in [1.54, 1.807) is 7.05 Å². The molecular formula is C21H30F3N5O2. The number of carbonyl (C=O) groups excluding carboxylic acids is 1. The van der Waals surface area contributed by atoms with Gasteiger partial charge in [-0.1, -0.05) is 30.3 Å². The first-order chi connectivity index (χ1) is 14.9. The number of nitrogens with one attached hydrogen (secondary N) is 2. The number of nitrogens with zero attached hydrogens (tertiary/aromatic N) is 3. The topological polar surface area (TPSA) is 69.2 Å². The fraction of sp³-hybridized carbons (Fsp3) is 0.619. The monoisotopic (exact) mass is 441 g/mol. The second kappa shape index (κ2) is 10.8. The van der Waals surface area contributed by atoms with Crippen LogP contribution in [0.25, 0.3) is 0 Å². The number of morpholine rings is 1. The zero-order chi connectivity index (χ0) is 22.3. The van der Waals surface area contributed by atoms with Crippen molar-refractivity contribution in [2.75, 3.05) is 59.5 Å². The lowest BCUT2D eigenvalue weighted by atomic mass is 9.97. The molecule has 7 nitrogen and oxygen atoms in total. The summed E-state index contributed by atoms with van der Waals surface area (Å²) in [6.45, 7) is 2.30. The number of guanidine groups is 1. The molecule has 1 aromatic carbocycles. The van der Waals surface area contributed by atoms with E-state index < -0.39 is 18.6 Å². The molecule has 2 saturated heterocycles. The van der Waals surface area contributed by atoms with Crippen LogP contribution in [0.2, 0.25) is 0 Å². The van der Waals surface area contributed by atoms with Crippen molar-refractivity contribution in [3.8, 4) is 0 Å². The Hall–Kier alpha value is -2.33. The molecule has 2 fully saturated rings. The molecule has 1 aromatic rings. The highest BCUT2D eigenvalue weighted by Gasteiger charge is 2.34. The third-order valence-electron chi connectivity index (χ3n) is 5.54. The van der Waals surface area contributed by atoms with Crippen LogP contribution in [0.5, 0.6) is 0 Å².